The van der Waals surface area contributed by atoms with E-state index in [1.165, 1.54) is 7.11 Å². The molecule has 6 nitrogen and oxygen atoms in total. The van der Waals surface area contributed by atoms with Crippen molar-refractivity contribution in [3.63, 3.8) is 0 Å². The summed E-state index contributed by atoms with van der Waals surface area (Å²) in [6.45, 7) is 5.85. The minimum atomic E-state index is -0.166. The molecule has 1 N–H and O–H groups in total. The summed E-state index contributed by atoms with van der Waals surface area (Å²) in [6, 6.07) is 5.22. The lowest BCUT2D eigenvalue weighted by Crippen LogP contribution is -2.19. The van der Waals surface area contributed by atoms with Gasteiger partial charge in [-0.15, -0.1) is 0 Å². The summed E-state index contributed by atoms with van der Waals surface area (Å²) in [6.07, 6.45) is 0.271. The van der Waals surface area contributed by atoms with Crippen molar-refractivity contribution in [3.05, 3.63) is 34.6 Å². The van der Waals surface area contributed by atoms with Crippen molar-refractivity contribution >= 4 is 23.2 Å². The van der Waals surface area contributed by atoms with Crippen LogP contribution in [0.5, 0.6) is 11.5 Å². The van der Waals surface area contributed by atoms with Crippen molar-refractivity contribution in [2.75, 3.05) is 19.5 Å². The van der Waals surface area contributed by atoms with Crippen LogP contribution in [0, 0.1) is 13.8 Å². The van der Waals surface area contributed by atoms with Crippen molar-refractivity contribution in [2.24, 2.45) is 0 Å². The first-order valence-electron chi connectivity index (χ1n) is 7.59. The number of hydrogen-bond acceptors (Lipinski definition) is 4. The summed E-state index contributed by atoms with van der Waals surface area (Å²) < 4.78 is 12.3. The number of rotatable bonds is 6. The molecule has 0 saturated heterocycles. The van der Waals surface area contributed by atoms with Crippen LogP contribution in [-0.2, 0) is 4.79 Å². The molecule has 0 saturated carbocycles. The minimum Gasteiger partial charge on any atom is -0.497 e. The summed E-state index contributed by atoms with van der Waals surface area (Å²) in [5.41, 5.74) is 2.39. The lowest BCUT2D eigenvalue weighted by Gasteiger charge is -2.16. The third kappa shape index (κ3) is 4.00. The molecule has 1 heterocycles. The second kappa shape index (κ2) is 7.57. The van der Waals surface area contributed by atoms with Gasteiger partial charge < -0.3 is 14.8 Å². The number of nitrogens with zero attached hydrogens (tertiary/aromatic N) is 2. The second-order valence-corrected chi connectivity index (χ2v) is 6.07. The number of carbonyl (C=O) groups excluding carboxylic acids is 1. The van der Waals surface area contributed by atoms with Gasteiger partial charge in [-0.3, -0.25) is 9.48 Å². The molecule has 0 aliphatic carbocycles. The fraction of sp³-hybridized carbons (Fsp3) is 0.412. The van der Waals surface area contributed by atoms with Gasteiger partial charge in [0.15, 0.2) is 0 Å². The normalized spacial score (nSPS) is 11.9. The van der Waals surface area contributed by atoms with Gasteiger partial charge in [-0.25, -0.2) is 0 Å². The number of nitrogens with one attached hydrogen (secondary N) is 1. The molecule has 0 aliphatic rings. The molecule has 1 amide bonds. The molecule has 1 aromatic heterocycles. The van der Waals surface area contributed by atoms with Gasteiger partial charge in [0.1, 0.15) is 17.2 Å². The number of ether oxygens (including phenoxy) is 2. The molecule has 130 valence electrons. The molecule has 24 heavy (non-hydrogen) atoms. The smallest absolute Gasteiger partial charge is 0.226 e. The van der Waals surface area contributed by atoms with Crippen LogP contribution in [0.2, 0.25) is 5.02 Å². The molecule has 1 atom stereocenters. The molecule has 1 aromatic carbocycles. The Morgan fingerprint density at radius 2 is 2.00 bits per heavy atom. The maximum absolute atomic E-state index is 12.4. The molecule has 7 heteroatoms. The van der Waals surface area contributed by atoms with E-state index in [0.29, 0.717) is 22.2 Å². The molecule has 1 unspecified atom stereocenters. The van der Waals surface area contributed by atoms with Crippen LogP contribution in [0.3, 0.4) is 0 Å². The number of methoxy groups -OCH3 is 2. The van der Waals surface area contributed by atoms with Crippen LogP contribution in [0.25, 0.3) is 0 Å². The second-order valence-electron chi connectivity index (χ2n) is 5.66. The van der Waals surface area contributed by atoms with Crippen molar-refractivity contribution in [1.29, 1.82) is 0 Å². The third-order valence-corrected chi connectivity index (χ3v) is 3.99. The Labute approximate surface area is 146 Å². The molecule has 0 spiro atoms. The average molecular weight is 352 g/mol. The maximum atomic E-state index is 12.4. The van der Waals surface area contributed by atoms with Crippen molar-refractivity contribution in [2.45, 2.75) is 33.2 Å². The molecule has 2 rings (SSSR count). The van der Waals surface area contributed by atoms with Crippen molar-refractivity contribution < 1.29 is 14.3 Å². The Balaban J connectivity index is 2.14. The van der Waals surface area contributed by atoms with E-state index in [2.05, 4.69) is 10.4 Å². The number of carbonyl (C=O) groups is 1. The molecular weight excluding hydrogens is 330 g/mol. The van der Waals surface area contributed by atoms with E-state index in [4.69, 9.17) is 21.1 Å². The minimum absolute atomic E-state index is 0.0679. The largest absolute Gasteiger partial charge is 0.497 e. The lowest BCUT2D eigenvalue weighted by atomic mass is 10.2. The highest BCUT2D eigenvalue weighted by molar-refractivity contribution is 6.34. The van der Waals surface area contributed by atoms with E-state index < -0.39 is 0 Å². The first kappa shape index (κ1) is 18.1. The third-order valence-electron chi connectivity index (χ3n) is 3.69. The standard InChI is InChI=1S/C17H22ClN3O3/c1-10-6-11(2)21(20-10)12(3)7-16(22)19-17-14(18)8-13(23-4)9-15(17)24-5/h6,8-9,12H,7H2,1-5H3,(H,19,22). The van der Waals surface area contributed by atoms with Gasteiger partial charge in [0.25, 0.3) is 0 Å². The predicted octanol–water partition coefficient (Wildman–Crippen LogP) is 3.76. The van der Waals surface area contributed by atoms with Gasteiger partial charge in [0, 0.05) is 24.2 Å². The zero-order chi connectivity index (χ0) is 17.9. The fourth-order valence-corrected chi connectivity index (χ4v) is 2.84. The summed E-state index contributed by atoms with van der Waals surface area (Å²) in [4.78, 5) is 12.4. The van der Waals surface area contributed by atoms with Gasteiger partial charge in [-0.2, -0.15) is 5.10 Å². The molecule has 0 fully saturated rings. The summed E-state index contributed by atoms with van der Waals surface area (Å²) >= 11 is 6.23. The molecule has 2 aromatic rings. The Morgan fingerprint density at radius 3 is 2.54 bits per heavy atom. The number of anilines is 1. The van der Waals surface area contributed by atoms with E-state index in [9.17, 15) is 4.79 Å². The Hall–Kier alpha value is -2.21. The molecule has 0 bridgehead atoms. The number of aromatic nitrogens is 2. The Kier molecular flexibility index (Phi) is 5.72. The van der Waals surface area contributed by atoms with Crippen LogP contribution >= 0.6 is 11.6 Å². The lowest BCUT2D eigenvalue weighted by molar-refractivity contribution is -0.116. The Bertz CT molecular complexity index is 743. The van der Waals surface area contributed by atoms with Crippen molar-refractivity contribution in [3.8, 4) is 11.5 Å². The van der Waals surface area contributed by atoms with E-state index in [0.717, 1.165) is 11.4 Å². The summed E-state index contributed by atoms with van der Waals surface area (Å²) in [5, 5.41) is 7.59. The zero-order valence-electron chi connectivity index (χ0n) is 14.5. The molecule has 0 radical (unpaired) electrons. The van der Waals surface area contributed by atoms with Gasteiger partial charge in [0.05, 0.1) is 31.0 Å². The highest BCUT2D eigenvalue weighted by Crippen LogP contribution is 2.37. The zero-order valence-corrected chi connectivity index (χ0v) is 15.3. The van der Waals surface area contributed by atoms with E-state index in [1.54, 1.807) is 19.2 Å². The summed E-state index contributed by atoms with van der Waals surface area (Å²) in [7, 11) is 3.05. The number of aryl methyl sites for hydroxylation is 2. The van der Waals surface area contributed by atoms with Crippen molar-refractivity contribution in [1.82, 2.24) is 9.78 Å². The van der Waals surface area contributed by atoms with Crippen LogP contribution in [-0.4, -0.2) is 29.9 Å². The predicted molar refractivity (Wildman–Crippen MR) is 94.2 cm³/mol. The topological polar surface area (TPSA) is 65.4 Å². The number of hydrogen-bond donors (Lipinski definition) is 1. The van der Waals surface area contributed by atoms with Gasteiger partial charge >= 0.3 is 0 Å². The van der Waals surface area contributed by atoms with E-state index in [1.807, 2.05) is 31.5 Å². The number of halogens is 1. The van der Waals surface area contributed by atoms with Gasteiger partial charge in [-0.1, -0.05) is 11.6 Å². The molecule has 0 aliphatic heterocycles. The Morgan fingerprint density at radius 1 is 1.29 bits per heavy atom. The van der Waals surface area contributed by atoms with Gasteiger partial charge in [-0.05, 0) is 26.8 Å². The maximum Gasteiger partial charge on any atom is 0.226 e. The van der Waals surface area contributed by atoms with Crippen LogP contribution in [0.15, 0.2) is 18.2 Å². The highest BCUT2D eigenvalue weighted by Gasteiger charge is 2.18. The molecular formula is C17H22ClN3O3. The van der Waals surface area contributed by atoms with Crippen LogP contribution < -0.4 is 14.8 Å². The fourth-order valence-electron chi connectivity index (χ4n) is 2.60. The van der Waals surface area contributed by atoms with E-state index >= 15 is 0 Å². The van der Waals surface area contributed by atoms with Crippen LogP contribution in [0.4, 0.5) is 5.69 Å². The monoisotopic (exact) mass is 351 g/mol. The number of amides is 1. The number of benzene rings is 1. The SMILES string of the molecule is COc1cc(Cl)c(NC(=O)CC(C)n2nc(C)cc2C)c(OC)c1. The first-order valence-corrected chi connectivity index (χ1v) is 7.97. The van der Waals surface area contributed by atoms with E-state index in [-0.39, 0.29) is 18.4 Å². The van der Waals surface area contributed by atoms with Gasteiger partial charge in [0.2, 0.25) is 5.91 Å². The average Bonchev–Trinajstić information content (AvgIpc) is 2.87. The highest BCUT2D eigenvalue weighted by atomic mass is 35.5. The first-order chi connectivity index (χ1) is 11.3. The van der Waals surface area contributed by atoms with Crippen LogP contribution in [0.1, 0.15) is 30.8 Å². The summed E-state index contributed by atoms with van der Waals surface area (Å²) in [5.74, 6) is 0.845. The quantitative estimate of drug-likeness (QED) is 0.860.